The van der Waals surface area contributed by atoms with Crippen LogP contribution in [0.5, 0.6) is 0 Å². The van der Waals surface area contributed by atoms with Crippen LogP contribution in [0.3, 0.4) is 0 Å². The Bertz CT molecular complexity index is 940. The number of anilines is 1. The molecule has 1 aromatic rings. The summed E-state index contributed by atoms with van der Waals surface area (Å²) in [6, 6.07) is 0. The second-order valence-corrected chi connectivity index (χ2v) is 11.2. The van der Waals surface area contributed by atoms with E-state index in [1.165, 1.54) is 12.8 Å². The first-order valence-corrected chi connectivity index (χ1v) is 12.8. The quantitative estimate of drug-likeness (QED) is 0.709. The van der Waals surface area contributed by atoms with Crippen LogP contribution in [0, 0.1) is 12.8 Å². The highest BCUT2D eigenvalue weighted by Gasteiger charge is 2.38. The molecule has 0 N–H and O–H groups in total. The second-order valence-electron chi connectivity index (χ2n) is 9.23. The van der Waals surface area contributed by atoms with Crippen molar-refractivity contribution in [2.75, 3.05) is 37.6 Å². The van der Waals surface area contributed by atoms with E-state index < -0.39 is 10.2 Å². The van der Waals surface area contributed by atoms with Crippen molar-refractivity contribution in [3.8, 4) is 0 Å². The average molecular weight is 434 g/mol. The normalized spacial score (nSPS) is 26.2. The van der Waals surface area contributed by atoms with E-state index in [-0.39, 0.29) is 11.8 Å². The van der Waals surface area contributed by atoms with E-state index in [2.05, 4.69) is 0 Å². The summed E-state index contributed by atoms with van der Waals surface area (Å²) in [4.78, 5) is 24.2. The van der Waals surface area contributed by atoms with Crippen molar-refractivity contribution in [3.05, 3.63) is 17.1 Å². The van der Waals surface area contributed by atoms with Crippen LogP contribution in [0.4, 0.5) is 5.82 Å². The molecule has 0 spiro atoms. The highest BCUT2D eigenvalue weighted by atomic mass is 32.2. The van der Waals surface area contributed by atoms with Gasteiger partial charge in [0.2, 0.25) is 5.91 Å². The standard InChI is InChI=1S/C21H31N5O3S/c1-15-18-8-9-19(27)26(13-16-6-7-16)21(18)23-20(22-15)17-5-4-12-25(14-17)30(28,29)24-10-2-3-11-24/h16-17H,2-14H2,1H3/t17-/m1/s1. The van der Waals surface area contributed by atoms with E-state index >= 15 is 0 Å². The molecule has 0 radical (unpaired) electrons. The fourth-order valence-corrected chi connectivity index (χ4v) is 6.75. The van der Waals surface area contributed by atoms with Crippen molar-refractivity contribution in [1.29, 1.82) is 0 Å². The summed E-state index contributed by atoms with van der Waals surface area (Å²) in [5.41, 5.74) is 2.01. The van der Waals surface area contributed by atoms with Gasteiger partial charge in [0, 0.05) is 56.3 Å². The number of amides is 1. The summed E-state index contributed by atoms with van der Waals surface area (Å²) in [7, 11) is -3.41. The molecule has 30 heavy (non-hydrogen) atoms. The molecule has 164 valence electrons. The van der Waals surface area contributed by atoms with Gasteiger partial charge < -0.3 is 0 Å². The molecule has 1 saturated carbocycles. The summed E-state index contributed by atoms with van der Waals surface area (Å²) in [5, 5.41) is 0. The topological polar surface area (TPSA) is 86.7 Å². The lowest BCUT2D eigenvalue weighted by Gasteiger charge is -2.35. The van der Waals surface area contributed by atoms with Gasteiger partial charge in [0.05, 0.1) is 0 Å². The molecule has 1 amide bonds. The maximum absolute atomic E-state index is 13.0. The minimum atomic E-state index is -3.41. The van der Waals surface area contributed by atoms with Gasteiger partial charge in [-0.15, -0.1) is 0 Å². The van der Waals surface area contributed by atoms with Crippen LogP contribution in [0.1, 0.15) is 67.9 Å². The lowest BCUT2D eigenvalue weighted by atomic mass is 9.97. The van der Waals surface area contributed by atoms with Crippen molar-refractivity contribution in [2.45, 2.75) is 64.2 Å². The first kappa shape index (κ1) is 20.3. The van der Waals surface area contributed by atoms with Crippen molar-refractivity contribution in [2.24, 2.45) is 5.92 Å². The molecular formula is C21H31N5O3S. The minimum Gasteiger partial charge on any atom is -0.296 e. The van der Waals surface area contributed by atoms with Gasteiger partial charge in [-0.2, -0.15) is 17.0 Å². The Kier molecular flexibility index (Phi) is 5.31. The van der Waals surface area contributed by atoms with Crippen LogP contribution in [0.25, 0.3) is 0 Å². The first-order chi connectivity index (χ1) is 14.4. The van der Waals surface area contributed by atoms with Crippen molar-refractivity contribution < 1.29 is 13.2 Å². The first-order valence-electron chi connectivity index (χ1n) is 11.4. The molecule has 0 bridgehead atoms. The Balaban J connectivity index is 1.42. The van der Waals surface area contributed by atoms with Crippen LogP contribution in [0.2, 0.25) is 0 Å². The molecular weight excluding hydrogens is 402 g/mol. The summed E-state index contributed by atoms with van der Waals surface area (Å²) >= 11 is 0. The number of piperidine rings is 1. The van der Waals surface area contributed by atoms with Gasteiger partial charge in [0.15, 0.2) is 0 Å². The van der Waals surface area contributed by atoms with Crippen LogP contribution < -0.4 is 4.90 Å². The predicted molar refractivity (Wildman–Crippen MR) is 113 cm³/mol. The highest BCUT2D eigenvalue weighted by molar-refractivity contribution is 7.86. The number of aryl methyl sites for hydroxylation is 1. The van der Waals surface area contributed by atoms with Gasteiger partial charge in [-0.25, -0.2) is 9.97 Å². The van der Waals surface area contributed by atoms with Gasteiger partial charge in [-0.05, 0) is 57.8 Å². The molecule has 5 rings (SSSR count). The van der Waals surface area contributed by atoms with Crippen LogP contribution in [-0.2, 0) is 21.4 Å². The van der Waals surface area contributed by atoms with Crippen LogP contribution in [-0.4, -0.2) is 65.6 Å². The second kappa shape index (κ2) is 7.84. The largest absolute Gasteiger partial charge is 0.296 e. The molecule has 3 aliphatic heterocycles. The molecule has 0 aromatic carbocycles. The number of carbonyl (C=O) groups is 1. The van der Waals surface area contributed by atoms with E-state index in [1.807, 2.05) is 11.8 Å². The molecule has 1 aliphatic carbocycles. The van der Waals surface area contributed by atoms with Crippen molar-refractivity contribution >= 4 is 21.9 Å². The zero-order valence-electron chi connectivity index (χ0n) is 17.7. The molecule has 9 heteroatoms. The number of fused-ring (bicyclic) bond motifs is 1. The van der Waals surface area contributed by atoms with E-state index in [0.29, 0.717) is 50.8 Å². The van der Waals surface area contributed by atoms with Crippen LogP contribution >= 0.6 is 0 Å². The molecule has 0 unspecified atom stereocenters. The third-order valence-corrected chi connectivity index (χ3v) is 8.96. The zero-order valence-corrected chi connectivity index (χ0v) is 18.5. The monoisotopic (exact) mass is 433 g/mol. The predicted octanol–water partition coefficient (Wildman–Crippen LogP) is 1.99. The Morgan fingerprint density at radius 3 is 2.43 bits per heavy atom. The smallest absolute Gasteiger partial charge is 0.281 e. The van der Waals surface area contributed by atoms with E-state index in [1.54, 1.807) is 8.61 Å². The Morgan fingerprint density at radius 1 is 0.967 bits per heavy atom. The zero-order chi connectivity index (χ0) is 20.9. The fraction of sp³-hybridized carbons (Fsp3) is 0.762. The Morgan fingerprint density at radius 2 is 1.70 bits per heavy atom. The number of hydrogen-bond donors (Lipinski definition) is 0. The third-order valence-electron chi connectivity index (χ3n) is 6.96. The van der Waals surface area contributed by atoms with E-state index in [9.17, 15) is 13.2 Å². The lowest BCUT2D eigenvalue weighted by Crippen LogP contribution is -2.47. The lowest BCUT2D eigenvalue weighted by molar-refractivity contribution is -0.119. The SMILES string of the molecule is Cc1nc([C@@H]2CCCN(S(=O)(=O)N3CCCC3)C2)nc2c1CCC(=O)N2CC1CC1. The number of aromatic nitrogens is 2. The van der Waals surface area contributed by atoms with E-state index in [0.717, 1.165) is 49.3 Å². The minimum absolute atomic E-state index is 0.0278. The average Bonchev–Trinajstić information content (AvgIpc) is 3.38. The highest BCUT2D eigenvalue weighted by Crippen LogP contribution is 2.36. The molecule has 3 fully saturated rings. The number of carbonyl (C=O) groups excluding carboxylic acids is 1. The molecule has 1 aromatic heterocycles. The summed E-state index contributed by atoms with van der Waals surface area (Å²) in [6.07, 6.45) is 7.14. The third kappa shape index (κ3) is 3.76. The maximum atomic E-state index is 13.0. The van der Waals surface area contributed by atoms with Gasteiger partial charge in [0.1, 0.15) is 11.6 Å². The van der Waals surface area contributed by atoms with Gasteiger partial charge in [-0.3, -0.25) is 9.69 Å². The van der Waals surface area contributed by atoms with Crippen molar-refractivity contribution in [3.63, 3.8) is 0 Å². The summed E-state index contributed by atoms with van der Waals surface area (Å²) in [5.74, 6) is 2.19. The van der Waals surface area contributed by atoms with Crippen LogP contribution in [0.15, 0.2) is 0 Å². The molecule has 2 saturated heterocycles. The molecule has 8 nitrogen and oxygen atoms in total. The van der Waals surface area contributed by atoms with E-state index in [4.69, 9.17) is 9.97 Å². The Labute approximate surface area is 178 Å². The van der Waals surface area contributed by atoms with Gasteiger partial charge in [0.25, 0.3) is 10.2 Å². The number of nitrogens with zero attached hydrogens (tertiary/aromatic N) is 5. The number of hydrogen-bond acceptors (Lipinski definition) is 5. The molecule has 4 aliphatic rings. The summed E-state index contributed by atoms with van der Waals surface area (Å²) < 4.78 is 29.3. The van der Waals surface area contributed by atoms with Crippen molar-refractivity contribution in [1.82, 2.24) is 18.6 Å². The molecule has 1 atom stereocenters. The summed E-state index contributed by atoms with van der Waals surface area (Å²) in [6.45, 7) is 4.98. The number of rotatable bonds is 5. The maximum Gasteiger partial charge on any atom is 0.281 e. The van der Waals surface area contributed by atoms with Gasteiger partial charge in [-0.1, -0.05) is 0 Å². The Hall–Kier alpha value is -1.58. The fourth-order valence-electron chi connectivity index (χ4n) is 4.98. The van der Waals surface area contributed by atoms with Gasteiger partial charge >= 0.3 is 0 Å². The molecule has 4 heterocycles.